The number of fused-ring (bicyclic) bond motifs is 2. The molecule has 1 aromatic heterocycles. The Bertz CT molecular complexity index is 881. The van der Waals surface area contributed by atoms with Crippen LogP contribution in [0.2, 0.25) is 0 Å². The Kier molecular flexibility index (Phi) is 3.41. The number of carbonyl (C=O) groups excluding carboxylic acids is 1. The van der Waals surface area contributed by atoms with Crippen LogP contribution < -0.4 is 0 Å². The number of H-pyrrole nitrogens is 1. The van der Waals surface area contributed by atoms with Crippen molar-refractivity contribution in [3.05, 3.63) is 47.2 Å². The van der Waals surface area contributed by atoms with E-state index in [-0.39, 0.29) is 11.7 Å². The first kappa shape index (κ1) is 15.4. The third-order valence-corrected chi connectivity index (χ3v) is 6.59. The highest BCUT2D eigenvalue weighted by atomic mass is 16.3. The number of hydrogen-bond donors (Lipinski definition) is 2. The Morgan fingerprint density at radius 2 is 2.20 bits per heavy atom. The molecule has 2 aliphatic carbocycles. The maximum absolute atomic E-state index is 11.6. The summed E-state index contributed by atoms with van der Waals surface area (Å²) in [6, 6.07) is 7.04. The van der Waals surface area contributed by atoms with Gasteiger partial charge in [0, 0.05) is 47.9 Å². The van der Waals surface area contributed by atoms with E-state index in [1.54, 1.807) is 6.08 Å². The Morgan fingerprint density at radius 3 is 3.00 bits per heavy atom. The first-order chi connectivity index (χ1) is 12.1. The molecule has 2 heterocycles. The molecule has 2 N–H and O–H groups in total. The number of nitrogens with one attached hydrogen (secondary N) is 1. The van der Waals surface area contributed by atoms with Crippen LogP contribution in [0, 0.1) is 5.92 Å². The Morgan fingerprint density at radius 1 is 1.32 bits per heavy atom. The zero-order chi connectivity index (χ0) is 17.1. The predicted molar refractivity (Wildman–Crippen MR) is 97.6 cm³/mol. The highest BCUT2D eigenvalue weighted by Gasteiger charge is 2.42. The Balaban J connectivity index is 1.50. The van der Waals surface area contributed by atoms with Gasteiger partial charge in [0.25, 0.3) is 0 Å². The van der Waals surface area contributed by atoms with Gasteiger partial charge in [-0.05, 0) is 55.2 Å². The number of nitrogens with zero attached hydrogens (tertiary/aromatic N) is 1. The van der Waals surface area contributed by atoms with Crippen LogP contribution >= 0.6 is 0 Å². The number of piperidine rings is 1. The average molecular weight is 336 g/mol. The quantitative estimate of drug-likeness (QED) is 0.887. The summed E-state index contributed by atoms with van der Waals surface area (Å²) in [5.74, 6) is 0.803. The lowest BCUT2D eigenvalue weighted by molar-refractivity contribution is -0.114. The number of likely N-dealkylation sites (N-methyl/N-ethyl adjacent to an activating group) is 1. The summed E-state index contributed by atoms with van der Waals surface area (Å²) in [5, 5.41) is 12.3. The molecule has 1 aliphatic heterocycles. The predicted octanol–water partition coefficient (Wildman–Crippen LogP) is 2.78. The lowest BCUT2D eigenvalue weighted by Crippen LogP contribution is -2.50. The summed E-state index contributed by atoms with van der Waals surface area (Å²) in [5.41, 5.74) is 5.01. The van der Waals surface area contributed by atoms with Gasteiger partial charge in [-0.2, -0.15) is 0 Å². The minimum absolute atomic E-state index is 0.162. The Labute approximate surface area is 147 Å². The number of rotatable bonds is 2. The normalized spacial score (nSPS) is 30.4. The smallest absolute Gasteiger partial charge is 0.156 e. The molecule has 3 aliphatic rings. The van der Waals surface area contributed by atoms with Crippen LogP contribution in [0.1, 0.15) is 36.3 Å². The van der Waals surface area contributed by atoms with Gasteiger partial charge in [0.1, 0.15) is 0 Å². The number of carbonyl (C=O) groups is 1. The van der Waals surface area contributed by atoms with Crippen LogP contribution in [0.15, 0.2) is 36.0 Å². The van der Waals surface area contributed by atoms with Gasteiger partial charge in [-0.1, -0.05) is 12.1 Å². The van der Waals surface area contributed by atoms with E-state index in [9.17, 15) is 9.90 Å². The molecule has 4 heteroatoms. The molecule has 0 radical (unpaired) electrons. The van der Waals surface area contributed by atoms with Gasteiger partial charge in [0.05, 0.1) is 6.10 Å². The van der Waals surface area contributed by atoms with Crippen molar-refractivity contribution >= 4 is 16.7 Å². The molecule has 1 aromatic carbocycles. The summed E-state index contributed by atoms with van der Waals surface area (Å²) in [4.78, 5) is 17.4. The van der Waals surface area contributed by atoms with E-state index in [0.29, 0.717) is 18.4 Å². The summed E-state index contributed by atoms with van der Waals surface area (Å²) >= 11 is 0. The number of aromatic nitrogens is 1. The number of allylic oxidation sites excluding steroid dienone is 1. The average Bonchev–Trinajstić information content (AvgIpc) is 3.23. The molecule has 2 aromatic rings. The van der Waals surface area contributed by atoms with Gasteiger partial charge < -0.3 is 15.0 Å². The fourth-order valence-electron chi connectivity index (χ4n) is 5.37. The van der Waals surface area contributed by atoms with Crippen LogP contribution in [-0.4, -0.2) is 46.5 Å². The third-order valence-electron chi connectivity index (χ3n) is 6.59. The molecule has 0 spiro atoms. The van der Waals surface area contributed by atoms with Crippen molar-refractivity contribution in [3.63, 3.8) is 0 Å². The van der Waals surface area contributed by atoms with Crippen LogP contribution in [0.3, 0.4) is 0 Å². The van der Waals surface area contributed by atoms with E-state index in [4.69, 9.17) is 0 Å². The molecule has 25 heavy (non-hydrogen) atoms. The van der Waals surface area contributed by atoms with Crippen molar-refractivity contribution < 1.29 is 9.90 Å². The molecule has 0 saturated carbocycles. The van der Waals surface area contributed by atoms with Crippen molar-refractivity contribution in [2.75, 3.05) is 13.6 Å². The van der Waals surface area contributed by atoms with E-state index in [1.807, 2.05) is 0 Å². The van der Waals surface area contributed by atoms with Crippen molar-refractivity contribution in [2.24, 2.45) is 5.92 Å². The topological polar surface area (TPSA) is 56.3 Å². The highest BCUT2D eigenvalue weighted by Crippen LogP contribution is 2.45. The molecule has 130 valence electrons. The zero-order valence-corrected chi connectivity index (χ0v) is 14.5. The maximum atomic E-state index is 11.6. The zero-order valence-electron chi connectivity index (χ0n) is 14.5. The summed E-state index contributed by atoms with van der Waals surface area (Å²) in [6.07, 6.45) is 6.71. The van der Waals surface area contributed by atoms with Crippen LogP contribution in [0.4, 0.5) is 0 Å². The molecule has 5 rings (SSSR count). The van der Waals surface area contributed by atoms with E-state index >= 15 is 0 Å². The molecule has 1 saturated heterocycles. The number of benzene rings is 1. The van der Waals surface area contributed by atoms with Crippen molar-refractivity contribution in [1.29, 1.82) is 0 Å². The number of aromatic amines is 1. The van der Waals surface area contributed by atoms with Gasteiger partial charge in [-0.25, -0.2) is 0 Å². The van der Waals surface area contributed by atoms with Crippen LogP contribution in [0.5, 0.6) is 0 Å². The minimum atomic E-state index is -0.485. The second-order valence-electron chi connectivity index (χ2n) is 8.03. The molecule has 2 unspecified atom stereocenters. The third kappa shape index (κ3) is 2.31. The van der Waals surface area contributed by atoms with Crippen LogP contribution in [-0.2, 0) is 11.2 Å². The number of ketones is 1. The van der Waals surface area contributed by atoms with Crippen molar-refractivity contribution in [3.8, 4) is 0 Å². The largest absolute Gasteiger partial charge is 0.388 e. The van der Waals surface area contributed by atoms with E-state index in [0.717, 1.165) is 31.4 Å². The second-order valence-corrected chi connectivity index (χ2v) is 8.03. The molecular weight excluding hydrogens is 312 g/mol. The lowest BCUT2D eigenvalue weighted by Gasteiger charge is -2.46. The van der Waals surface area contributed by atoms with E-state index in [1.165, 1.54) is 22.0 Å². The number of aliphatic hydroxyl groups is 1. The first-order valence-electron chi connectivity index (χ1n) is 9.32. The molecule has 0 bridgehead atoms. The van der Waals surface area contributed by atoms with Gasteiger partial charge in [0.2, 0.25) is 0 Å². The Hall–Kier alpha value is -1.91. The summed E-state index contributed by atoms with van der Waals surface area (Å²) in [7, 11) is 2.18. The van der Waals surface area contributed by atoms with Gasteiger partial charge in [-0.15, -0.1) is 0 Å². The van der Waals surface area contributed by atoms with E-state index < -0.39 is 6.10 Å². The standard InChI is InChI=1S/C21H24N2O2/c1-23-11-14(21(25)12-5-6-15(24)7-12)8-17-16-3-2-4-18-20(16)13(10-22-18)9-19(17)23/h2-4,7,10,14,17,19,21-22,25H,5-6,8-9,11H2,1H3/t14?,17-,19-,21?/m1/s1. The molecule has 1 fully saturated rings. The first-order valence-corrected chi connectivity index (χ1v) is 9.32. The SMILES string of the molecule is CN1CC(C(O)C2=CC(=O)CC2)C[C@@H]2c3cccc4[nH]cc(c34)C[C@H]21. The molecule has 4 atom stereocenters. The number of likely N-dealkylation sites (tertiary alicyclic amines) is 1. The second kappa shape index (κ2) is 5.55. The number of hydrogen-bond acceptors (Lipinski definition) is 3. The van der Waals surface area contributed by atoms with Gasteiger partial charge >= 0.3 is 0 Å². The summed E-state index contributed by atoms with van der Waals surface area (Å²) < 4.78 is 0. The fourth-order valence-corrected chi connectivity index (χ4v) is 5.37. The summed E-state index contributed by atoms with van der Waals surface area (Å²) in [6.45, 7) is 0.892. The molecule has 0 amide bonds. The van der Waals surface area contributed by atoms with Crippen molar-refractivity contribution in [2.45, 2.75) is 43.7 Å². The van der Waals surface area contributed by atoms with Crippen molar-refractivity contribution in [1.82, 2.24) is 9.88 Å². The van der Waals surface area contributed by atoms with E-state index in [2.05, 4.69) is 41.3 Å². The highest BCUT2D eigenvalue weighted by molar-refractivity contribution is 5.93. The molecular formula is C21H24N2O2. The van der Waals surface area contributed by atoms with Gasteiger partial charge in [-0.3, -0.25) is 4.79 Å². The lowest BCUT2D eigenvalue weighted by atomic mass is 9.71. The fraction of sp³-hybridized carbons (Fsp3) is 0.476. The van der Waals surface area contributed by atoms with Crippen LogP contribution in [0.25, 0.3) is 10.9 Å². The monoisotopic (exact) mass is 336 g/mol. The minimum Gasteiger partial charge on any atom is -0.388 e. The molecule has 4 nitrogen and oxygen atoms in total. The maximum Gasteiger partial charge on any atom is 0.156 e. The van der Waals surface area contributed by atoms with Gasteiger partial charge in [0.15, 0.2) is 5.78 Å². The number of aliphatic hydroxyl groups excluding tert-OH is 1.